The van der Waals surface area contributed by atoms with E-state index in [1.165, 1.54) is 31.4 Å². The Morgan fingerprint density at radius 2 is 2.18 bits per heavy atom. The Labute approximate surface area is 111 Å². The zero-order valence-corrected chi connectivity index (χ0v) is 11.8. The van der Waals surface area contributed by atoms with Gasteiger partial charge in [-0.25, -0.2) is 4.39 Å². The van der Waals surface area contributed by atoms with Crippen molar-refractivity contribution in [2.24, 2.45) is 5.84 Å². The molecule has 0 aliphatic carbocycles. The molecule has 1 aromatic rings. The maximum Gasteiger partial charge on any atom is 0.124 e. The van der Waals surface area contributed by atoms with E-state index in [-0.39, 0.29) is 11.9 Å². The van der Waals surface area contributed by atoms with Crippen molar-refractivity contribution in [2.45, 2.75) is 45.1 Å². The van der Waals surface area contributed by atoms with Gasteiger partial charge in [0.15, 0.2) is 0 Å². The molecule has 0 saturated carbocycles. The first-order valence-corrected chi connectivity index (χ1v) is 6.86. The summed E-state index contributed by atoms with van der Waals surface area (Å²) < 4.78 is 13.8. The van der Waals surface area contributed by atoms with E-state index >= 15 is 0 Å². The zero-order valence-electron chi connectivity index (χ0n) is 10.2. The van der Waals surface area contributed by atoms with Crippen molar-refractivity contribution in [2.75, 3.05) is 0 Å². The topological polar surface area (TPSA) is 38.0 Å². The molecule has 0 aromatic heterocycles. The fourth-order valence-corrected chi connectivity index (χ4v) is 2.35. The van der Waals surface area contributed by atoms with Gasteiger partial charge in [0.2, 0.25) is 0 Å². The number of rotatable bonds is 7. The Morgan fingerprint density at radius 1 is 1.41 bits per heavy atom. The molecule has 0 aliphatic heterocycles. The maximum absolute atomic E-state index is 12.9. The van der Waals surface area contributed by atoms with E-state index in [2.05, 4.69) is 28.3 Å². The van der Waals surface area contributed by atoms with E-state index in [9.17, 15) is 4.39 Å². The first-order valence-electron chi connectivity index (χ1n) is 6.07. The third-order valence-electron chi connectivity index (χ3n) is 2.87. The Bertz CT molecular complexity index is 344. The van der Waals surface area contributed by atoms with Crippen molar-refractivity contribution >= 4 is 15.9 Å². The minimum Gasteiger partial charge on any atom is -0.271 e. The van der Waals surface area contributed by atoms with Crippen LogP contribution in [0.4, 0.5) is 4.39 Å². The first-order chi connectivity index (χ1) is 8.17. The predicted molar refractivity (Wildman–Crippen MR) is 73.1 cm³/mol. The standard InChI is InChI=1S/C13H20BrFN2/c1-2-3-4-5-12(17-16)8-10-6-7-11(15)9-13(10)14/h6-7,9,12,17H,2-5,8,16H2,1H3. The lowest BCUT2D eigenvalue weighted by molar-refractivity contribution is 0.466. The molecule has 0 bridgehead atoms. The smallest absolute Gasteiger partial charge is 0.124 e. The van der Waals surface area contributed by atoms with E-state index in [1.807, 2.05) is 6.07 Å². The van der Waals surface area contributed by atoms with Crippen LogP contribution in [-0.4, -0.2) is 6.04 Å². The summed E-state index contributed by atoms with van der Waals surface area (Å²) in [5.41, 5.74) is 3.93. The zero-order chi connectivity index (χ0) is 12.7. The summed E-state index contributed by atoms with van der Waals surface area (Å²) in [6.45, 7) is 2.18. The Hall–Kier alpha value is -0.450. The number of hydrogen-bond donors (Lipinski definition) is 2. The number of unbranched alkanes of at least 4 members (excludes halogenated alkanes) is 2. The minimum atomic E-state index is -0.219. The monoisotopic (exact) mass is 302 g/mol. The van der Waals surface area contributed by atoms with Crippen LogP contribution >= 0.6 is 15.9 Å². The van der Waals surface area contributed by atoms with Gasteiger partial charge in [0.25, 0.3) is 0 Å². The Morgan fingerprint density at radius 3 is 2.76 bits per heavy atom. The van der Waals surface area contributed by atoms with Gasteiger partial charge in [0, 0.05) is 10.5 Å². The van der Waals surface area contributed by atoms with Gasteiger partial charge in [-0.3, -0.25) is 11.3 Å². The second kappa shape index (κ2) is 7.80. The van der Waals surface area contributed by atoms with Crippen molar-refractivity contribution in [3.05, 3.63) is 34.1 Å². The summed E-state index contributed by atoms with van der Waals surface area (Å²) in [4.78, 5) is 0. The minimum absolute atomic E-state index is 0.219. The normalized spacial score (nSPS) is 12.7. The molecule has 0 amide bonds. The molecule has 1 rings (SSSR count). The molecule has 0 aliphatic rings. The highest BCUT2D eigenvalue weighted by atomic mass is 79.9. The number of hydrazine groups is 1. The van der Waals surface area contributed by atoms with Crippen LogP contribution < -0.4 is 11.3 Å². The quantitative estimate of drug-likeness (QED) is 0.459. The Balaban J connectivity index is 2.54. The van der Waals surface area contributed by atoms with Gasteiger partial charge in [0.05, 0.1) is 0 Å². The van der Waals surface area contributed by atoms with Gasteiger partial charge in [-0.1, -0.05) is 48.2 Å². The molecule has 0 spiro atoms. The molecule has 4 heteroatoms. The molecule has 3 N–H and O–H groups in total. The van der Waals surface area contributed by atoms with E-state index in [0.717, 1.165) is 22.9 Å². The van der Waals surface area contributed by atoms with Gasteiger partial charge in [-0.2, -0.15) is 0 Å². The van der Waals surface area contributed by atoms with Gasteiger partial charge in [0.1, 0.15) is 5.82 Å². The number of nitrogens with one attached hydrogen (secondary N) is 1. The summed E-state index contributed by atoms with van der Waals surface area (Å²) >= 11 is 3.38. The van der Waals surface area contributed by atoms with Crippen LogP contribution in [0.25, 0.3) is 0 Å². The maximum atomic E-state index is 12.9. The summed E-state index contributed by atoms with van der Waals surface area (Å²) in [5, 5.41) is 0. The SMILES string of the molecule is CCCCCC(Cc1ccc(F)cc1Br)NN. The van der Waals surface area contributed by atoms with E-state index in [4.69, 9.17) is 5.84 Å². The Kier molecular flexibility index (Phi) is 6.70. The van der Waals surface area contributed by atoms with Crippen LogP contribution in [0.2, 0.25) is 0 Å². The van der Waals surface area contributed by atoms with Crippen molar-refractivity contribution < 1.29 is 4.39 Å². The van der Waals surface area contributed by atoms with Gasteiger partial charge in [-0.05, 0) is 30.5 Å². The highest BCUT2D eigenvalue weighted by Gasteiger charge is 2.10. The highest BCUT2D eigenvalue weighted by molar-refractivity contribution is 9.10. The summed E-state index contributed by atoms with van der Waals surface area (Å²) in [6.07, 6.45) is 5.47. The number of benzene rings is 1. The van der Waals surface area contributed by atoms with Crippen molar-refractivity contribution in [1.29, 1.82) is 0 Å². The van der Waals surface area contributed by atoms with E-state index in [1.54, 1.807) is 0 Å². The number of nitrogens with two attached hydrogens (primary N) is 1. The molecule has 1 unspecified atom stereocenters. The summed E-state index contributed by atoms with van der Waals surface area (Å²) in [5.74, 6) is 5.32. The lowest BCUT2D eigenvalue weighted by Crippen LogP contribution is -2.36. The number of hydrogen-bond acceptors (Lipinski definition) is 2. The van der Waals surface area contributed by atoms with Crippen LogP contribution in [-0.2, 0) is 6.42 Å². The molecule has 1 atom stereocenters. The third kappa shape index (κ3) is 5.15. The van der Waals surface area contributed by atoms with Crippen molar-refractivity contribution in [3.8, 4) is 0 Å². The number of halogens is 2. The highest BCUT2D eigenvalue weighted by Crippen LogP contribution is 2.20. The molecule has 96 valence electrons. The third-order valence-corrected chi connectivity index (χ3v) is 3.61. The molecule has 0 radical (unpaired) electrons. The van der Waals surface area contributed by atoms with Gasteiger partial charge >= 0.3 is 0 Å². The second-order valence-corrected chi connectivity index (χ2v) is 5.15. The van der Waals surface area contributed by atoms with Crippen molar-refractivity contribution in [3.63, 3.8) is 0 Å². The molecule has 0 fully saturated rings. The van der Waals surface area contributed by atoms with Gasteiger partial charge < -0.3 is 0 Å². The molecule has 17 heavy (non-hydrogen) atoms. The second-order valence-electron chi connectivity index (χ2n) is 4.30. The summed E-state index contributed by atoms with van der Waals surface area (Å²) in [6, 6.07) is 5.04. The largest absolute Gasteiger partial charge is 0.271 e. The molecular formula is C13H20BrFN2. The first kappa shape index (κ1) is 14.6. The lowest BCUT2D eigenvalue weighted by atomic mass is 10.0. The van der Waals surface area contributed by atoms with Gasteiger partial charge in [-0.15, -0.1) is 0 Å². The van der Waals surface area contributed by atoms with Crippen LogP contribution in [0.1, 0.15) is 38.2 Å². The van der Waals surface area contributed by atoms with Crippen LogP contribution in [0.15, 0.2) is 22.7 Å². The molecular weight excluding hydrogens is 283 g/mol. The average molecular weight is 303 g/mol. The molecule has 1 aromatic carbocycles. The summed E-state index contributed by atoms with van der Waals surface area (Å²) in [7, 11) is 0. The molecule has 2 nitrogen and oxygen atoms in total. The predicted octanol–water partition coefficient (Wildman–Crippen LogP) is 3.54. The fraction of sp³-hybridized carbons (Fsp3) is 0.538. The fourth-order valence-electron chi connectivity index (χ4n) is 1.84. The van der Waals surface area contributed by atoms with E-state index < -0.39 is 0 Å². The van der Waals surface area contributed by atoms with E-state index in [0.29, 0.717) is 0 Å². The average Bonchev–Trinajstić information content (AvgIpc) is 2.31. The van der Waals surface area contributed by atoms with Crippen LogP contribution in [0.3, 0.4) is 0 Å². The lowest BCUT2D eigenvalue weighted by Gasteiger charge is -2.16. The molecule has 0 heterocycles. The molecule has 0 saturated heterocycles. The van der Waals surface area contributed by atoms with Crippen molar-refractivity contribution in [1.82, 2.24) is 5.43 Å². The van der Waals surface area contributed by atoms with Crippen LogP contribution in [0, 0.1) is 5.82 Å². The van der Waals surface area contributed by atoms with Crippen LogP contribution in [0.5, 0.6) is 0 Å².